The Labute approximate surface area is 279 Å². The zero-order chi connectivity index (χ0) is 35.2. The quantitative estimate of drug-likeness (QED) is 0.184. The summed E-state index contributed by atoms with van der Waals surface area (Å²) >= 11 is 0. The molecule has 0 radical (unpaired) electrons. The Kier molecular flexibility index (Phi) is 4.66. The van der Waals surface area contributed by atoms with E-state index < -0.39 is 6.04 Å². The second-order valence-electron chi connectivity index (χ2n) is 12.1. The summed E-state index contributed by atoms with van der Waals surface area (Å²) in [6, 6.07) is 46.4. The summed E-state index contributed by atoms with van der Waals surface area (Å²) in [6.07, 6.45) is 0. The first-order chi connectivity index (χ1) is 25.4. The van der Waals surface area contributed by atoms with E-state index in [-0.39, 0.29) is 29.7 Å². The molecule has 1 nitrogen and oxygen atoms in total. The second kappa shape index (κ2) is 10.2. The molecule has 1 heteroatoms. The molecule has 47 heavy (non-hydrogen) atoms. The molecular formula is C46H28O. The molecule has 0 unspecified atom stereocenters. The Balaban J connectivity index is 1.27. The largest absolute Gasteiger partial charge is 0.455 e. The van der Waals surface area contributed by atoms with Crippen LogP contribution < -0.4 is 0 Å². The maximum absolute atomic E-state index is 8.86. The average molecular weight is 602 g/mol. The van der Waals surface area contributed by atoms with E-state index in [4.69, 9.17) is 11.3 Å². The van der Waals surface area contributed by atoms with Gasteiger partial charge in [-0.1, -0.05) is 139 Å². The van der Waals surface area contributed by atoms with Crippen LogP contribution in [0.2, 0.25) is 0 Å². The van der Waals surface area contributed by atoms with Gasteiger partial charge in [-0.3, -0.25) is 0 Å². The summed E-state index contributed by atoms with van der Waals surface area (Å²) < 4.78 is 49.4. The van der Waals surface area contributed by atoms with E-state index in [1.165, 1.54) is 0 Å². The fraction of sp³-hybridized carbons (Fsp3) is 0. The summed E-state index contributed by atoms with van der Waals surface area (Å²) in [6.45, 7) is 0. The molecule has 0 fully saturated rings. The number of benzene rings is 9. The van der Waals surface area contributed by atoms with Gasteiger partial charge < -0.3 is 4.42 Å². The molecule has 9 aromatic carbocycles. The van der Waals surface area contributed by atoms with Crippen molar-refractivity contribution in [2.75, 3.05) is 0 Å². The van der Waals surface area contributed by atoms with Crippen LogP contribution in [0.3, 0.4) is 0 Å². The van der Waals surface area contributed by atoms with Gasteiger partial charge in [0.25, 0.3) is 0 Å². The summed E-state index contributed by atoms with van der Waals surface area (Å²) in [5.74, 6) is 0. The Bertz CT molecular complexity index is 3050. The number of hydrogen-bond donors (Lipinski definition) is 0. The summed E-state index contributed by atoms with van der Waals surface area (Å²) in [5.41, 5.74) is 6.60. The second-order valence-corrected chi connectivity index (χ2v) is 12.1. The van der Waals surface area contributed by atoms with Gasteiger partial charge in [-0.05, 0) is 101 Å². The van der Waals surface area contributed by atoms with Crippen LogP contribution in [0.4, 0.5) is 0 Å². The maximum atomic E-state index is 8.86. The number of hydrogen-bond acceptors (Lipinski definition) is 1. The van der Waals surface area contributed by atoms with Crippen molar-refractivity contribution in [3.8, 4) is 33.4 Å². The van der Waals surface area contributed by atoms with Crippen LogP contribution >= 0.6 is 0 Å². The molecule has 0 N–H and O–H groups in total. The van der Waals surface area contributed by atoms with Crippen LogP contribution in [-0.2, 0) is 0 Å². The van der Waals surface area contributed by atoms with Crippen molar-refractivity contribution in [1.82, 2.24) is 0 Å². The van der Waals surface area contributed by atoms with Crippen LogP contribution in [0, 0.1) is 0 Å². The highest BCUT2D eigenvalue weighted by Gasteiger charge is 2.19. The fourth-order valence-corrected chi connectivity index (χ4v) is 7.46. The van der Waals surface area contributed by atoms with Crippen molar-refractivity contribution in [2.24, 2.45) is 0 Å². The third-order valence-electron chi connectivity index (χ3n) is 9.50. The van der Waals surface area contributed by atoms with Gasteiger partial charge >= 0.3 is 0 Å². The molecule has 0 aliphatic heterocycles. The first kappa shape index (κ1) is 21.5. The molecule has 0 aliphatic carbocycles. The van der Waals surface area contributed by atoms with Gasteiger partial charge in [-0.25, -0.2) is 0 Å². The standard InChI is InChI=1S/C46H28O/c1-2-12-29(13-3-1)42-27-33(26-31-15-5-6-16-34(31)42)45-39-20-10-8-18-37(39)44(38-19-9-11-21-40(38)45)32-23-24-36-41-25-22-30-14-4-7-17-35(30)46(41)47-43(36)28-32/h1-28H/i1D,2D,3D,12D,13D. The van der Waals surface area contributed by atoms with Gasteiger partial charge in [0.15, 0.2) is 0 Å². The van der Waals surface area contributed by atoms with E-state index >= 15 is 0 Å². The molecule has 1 heterocycles. The predicted octanol–water partition coefficient (Wildman–Crippen LogP) is 13.2. The lowest BCUT2D eigenvalue weighted by Gasteiger charge is -2.19. The third-order valence-corrected chi connectivity index (χ3v) is 9.50. The first-order valence-electron chi connectivity index (χ1n) is 18.3. The topological polar surface area (TPSA) is 13.1 Å². The Morgan fingerprint density at radius 2 is 0.957 bits per heavy atom. The molecule has 218 valence electrons. The lowest BCUT2D eigenvalue weighted by molar-refractivity contribution is 0.673. The highest BCUT2D eigenvalue weighted by atomic mass is 16.3. The number of furan rings is 1. The van der Waals surface area contributed by atoms with E-state index in [1.807, 2.05) is 42.5 Å². The van der Waals surface area contributed by atoms with Crippen LogP contribution in [0.15, 0.2) is 174 Å². The zero-order valence-corrected chi connectivity index (χ0v) is 25.2. The molecule has 0 saturated heterocycles. The molecule has 1 aromatic heterocycles. The van der Waals surface area contributed by atoms with Gasteiger partial charge in [-0.2, -0.15) is 0 Å². The molecular weight excluding hydrogens is 569 g/mol. The van der Waals surface area contributed by atoms with Crippen molar-refractivity contribution in [3.05, 3.63) is 170 Å². The Hall–Kier alpha value is -6.18. The van der Waals surface area contributed by atoms with E-state index in [0.29, 0.717) is 5.56 Å². The minimum absolute atomic E-state index is 0.196. The lowest BCUT2D eigenvalue weighted by Crippen LogP contribution is -1.92. The van der Waals surface area contributed by atoms with E-state index in [2.05, 4.69) is 97.1 Å². The molecule has 0 atom stereocenters. The summed E-state index contributed by atoms with van der Waals surface area (Å²) in [7, 11) is 0. The maximum Gasteiger partial charge on any atom is 0.143 e. The van der Waals surface area contributed by atoms with Crippen LogP contribution in [-0.4, -0.2) is 0 Å². The van der Waals surface area contributed by atoms with Gasteiger partial charge in [0, 0.05) is 16.2 Å². The first-order valence-corrected chi connectivity index (χ1v) is 15.8. The SMILES string of the molecule is [2H]c1c([2H])c([2H])c(-c2cc(-c3c4ccccc4c(-c4ccc5c(c4)oc4c6ccccc6ccc54)c4ccccc34)cc3ccccc23)c([2H])c1[2H]. The Morgan fingerprint density at radius 3 is 1.66 bits per heavy atom. The zero-order valence-electron chi connectivity index (χ0n) is 30.2. The number of rotatable bonds is 3. The molecule has 10 rings (SSSR count). The molecule has 0 aliphatic rings. The van der Waals surface area contributed by atoms with Crippen LogP contribution in [0.5, 0.6) is 0 Å². The number of fused-ring (bicyclic) bond motifs is 8. The normalized spacial score (nSPS) is 13.3. The fourth-order valence-electron chi connectivity index (χ4n) is 7.46. The van der Waals surface area contributed by atoms with Crippen molar-refractivity contribution in [2.45, 2.75) is 0 Å². The van der Waals surface area contributed by atoms with E-state index in [1.54, 1.807) is 0 Å². The van der Waals surface area contributed by atoms with Crippen molar-refractivity contribution < 1.29 is 11.3 Å². The lowest BCUT2D eigenvalue weighted by atomic mass is 9.84. The molecule has 0 amide bonds. The third kappa shape index (κ3) is 3.97. The van der Waals surface area contributed by atoms with Crippen molar-refractivity contribution in [1.29, 1.82) is 0 Å². The van der Waals surface area contributed by atoms with Gasteiger partial charge in [-0.15, -0.1) is 0 Å². The molecule has 0 saturated carbocycles. The predicted molar refractivity (Wildman–Crippen MR) is 200 cm³/mol. The van der Waals surface area contributed by atoms with E-state index in [0.717, 1.165) is 87.3 Å². The van der Waals surface area contributed by atoms with Crippen LogP contribution in [0.1, 0.15) is 6.85 Å². The van der Waals surface area contributed by atoms with Gasteiger partial charge in [0.1, 0.15) is 11.2 Å². The smallest absolute Gasteiger partial charge is 0.143 e. The van der Waals surface area contributed by atoms with Crippen molar-refractivity contribution in [3.63, 3.8) is 0 Å². The average Bonchev–Trinajstić information content (AvgIpc) is 3.57. The minimum atomic E-state index is -0.402. The molecule has 0 bridgehead atoms. The highest BCUT2D eigenvalue weighted by molar-refractivity contribution is 6.23. The van der Waals surface area contributed by atoms with Crippen LogP contribution in [0.25, 0.3) is 98.4 Å². The van der Waals surface area contributed by atoms with Crippen molar-refractivity contribution >= 4 is 65.0 Å². The van der Waals surface area contributed by atoms with Gasteiger partial charge in [0.2, 0.25) is 0 Å². The highest BCUT2D eigenvalue weighted by Crippen LogP contribution is 2.46. The summed E-state index contributed by atoms with van der Waals surface area (Å²) in [5, 5.41) is 10.4. The van der Waals surface area contributed by atoms with E-state index in [9.17, 15) is 0 Å². The molecule has 0 spiro atoms. The molecule has 10 aromatic rings. The summed E-state index contributed by atoms with van der Waals surface area (Å²) in [4.78, 5) is 0. The monoisotopic (exact) mass is 601 g/mol. The van der Waals surface area contributed by atoms with Gasteiger partial charge in [0.05, 0.1) is 6.85 Å². The Morgan fingerprint density at radius 1 is 0.383 bits per heavy atom. The minimum Gasteiger partial charge on any atom is -0.455 e.